The van der Waals surface area contributed by atoms with E-state index in [2.05, 4.69) is 5.32 Å². The molecule has 2 unspecified atom stereocenters. The minimum atomic E-state index is -1.11. The Kier molecular flexibility index (Phi) is 3.67. The molecule has 1 heterocycles. The van der Waals surface area contributed by atoms with Gasteiger partial charge in [0.1, 0.15) is 5.92 Å². The maximum atomic E-state index is 12.1. The molecule has 1 aliphatic heterocycles. The number of hydrogen-bond acceptors (Lipinski definition) is 3. The van der Waals surface area contributed by atoms with E-state index >= 15 is 0 Å². The van der Waals surface area contributed by atoms with Crippen molar-refractivity contribution in [3.8, 4) is 0 Å². The zero-order chi connectivity index (χ0) is 12.3. The van der Waals surface area contributed by atoms with Crippen LogP contribution in [0, 0.1) is 5.92 Å². The van der Waals surface area contributed by atoms with Gasteiger partial charge in [-0.3, -0.25) is 14.4 Å². The molecular formula is C11H17NO4. The van der Waals surface area contributed by atoms with E-state index in [1.54, 1.807) is 13.8 Å². The molecule has 0 aromatic heterocycles. The van der Waals surface area contributed by atoms with Gasteiger partial charge in [0.2, 0.25) is 5.91 Å². The van der Waals surface area contributed by atoms with E-state index in [4.69, 9.17) is 5.11 Å². The van der Waals surface area contributed by atoms with Crippen LogP contribution >= 0.6 is 0 Å². The summed E-state index contributed by atoms with van der Waals surface area (Å²) < 4.78 is 0. The van der Waals surface area contributed by atoms with Crippen LogP contribution in [0.3, 0.4) is 0 Å². The fourth-order valence-corrected chi connectivity index (χ4v) is 2.15. The molecule has 1 aliphatic rings. The van der Waals surface area contributed by atoms with Gasteiger partial charge in [-0.05, 0) is 19.3 Å². The minimum Gasteiger partial charge on any atom is -0.481 e. The number of carbonyl (C=O) groups excluding carboxylic acids is 2. The van der Waals surface area contributed by atoms with E-state index in [9.17, 15) is 14.4 Å². The molecule has 0 radical (unpaired) electrons. The second-order valence-corrected chi connectivity index (χ2v) is 4.15. The molecule has 0 saturated carbocycles. The van der Waals surface area contributed by atoms with Crippen molar-refractivity contribution in [3.63, 3.8) is 0 Å². The quantitative estimate of drug-likeness (QED) is 0.678. The molecule has 5 heteroatoms. The van der Waals surface area contributed by atoms with Crippen molar-refractivity contribution >= 4 is 17.7 Å². The Hall–Kier alpha value is -1.39. The summed E-state index contributed by atoms with van der Waals surface area (Å²) in [5, 5.41) is 11.6. The van der Waals surface area contributed by atoms with Crippen LogP contribution in [-0.2, 0) is 14.4 Å². The molecule has 0 bridgehead atoms. The van der Waals surface area contributed by atoms with Crippen molar-refractivity contribution in [2.24, 2.45) is 5.92 Å². The van der Waals surface area contributed by atoms with Gasteiger partial charge in [0.15, 0.2) is 5.78 Å². The Morgan fingerprint density at radius 1 is 1.50 bits per heavy atom. The summed E-state index contributed by atoms with van der Waals surface area (Å²) in [5.41, 5.74) is -0.948. The van der Waals surface area contributed by atoms with E-state index < -0.39 is 17.4 Å². The van der Waals surface area contributed by atoms with Crippen LogP contribution in [0.25, 0.3) is 0 Å². The predicted octanol–water partition coefficient (Wildman–Crippen LogP) is 0.725. The summed E-state index contributed by atoms with van der Waals surface area (Å²) in [4.78, 5) is 34.2. The number of aliphatic carboxylic acids is 1. The SMILES string of the molecule is CCC(C(=O)O)C(=O)C1(CC)CCC(=O)N1. The summed E-state index contributed by atoms with van der Waals surface area (Å²) >= 11 is 0. The molecule has 0 spiro atoms. The van der Waals surface area contributed by atoms with Crippen LogP contribution in [0.4, 0.5) is 0 Å². The smallest absolute Gasteiger partial charge is 0.314 e. The van der Waals surface area contributed by atoms with E-state index in [1.807, 2.05) is 0 Å². The van der Waals surface area contributed by atoms with Crippen LogP contribution in [0.5, 0.6) is 0 Å². The van der Waals surface area contributed by atoms with Gasteiger partial charge in [-0.2, -0.15) is 0 Å². The van der Waals surface area contributed by atoms with Gasteiger partial charge in [-0.1, -0.05) is 13.8 Å². The minimum absolute atomic E-state index is 0.171. The second kappa shape index (κ2) is 4.63. The number of nitrogens with one attached hydrogen (secondary N) is 1. The highest BCUT2D eigenvalue weighted by atomic mass is 16.4. The summed E-state index contributed by atoms with van der Waals surface area (Å²) in [6.07, 6.45) is 1.41. The van der Waals surface area contributed by atoms with Gasteiger partial charge in [0, 0.05) is 6.42 Å². The number of Topliss-reactive ketones (excluding diaryl/α,β-unsaturated/α-hetero) is 1. The van der Waals surface area contributed by atoms with Crippen LogP contribution < -0.4 is 5.32 Å². The second-order valence-electron chi connectivity index (χ2n) is 4.15. The number of carboxylic acid groups (broad SMARTS) is 1. The lowest BCUT2D eigenvalue weighted by molar-refractivity contribution is -0.149. The van der Waals surface area contributed by atoms with Gasteiger partial charge >= 0.3 is 5.97 Å². The Balaban J connectivity index is 2.92. The average molecular weight is 227 g/mol. The summed E-state index contributed by atoms with van der Waals surface area (Å²) in [7, 11) is 0. The van der Waals surface area contributed by atoms with Crippen molar-refractivity contribution < 1.29 is 19.5 Å². The highest BCUT2D eigenvalue weighted by Crippen LogP contribution is 2.28. The Morgan fingerprint density at radius 2 is 2.12 bits per heavy atom. The number of rotatable bonds is 5. The fraction of sp³-hybridized carbons (Fsp3) is 0.727. The largest absolute Gasteiger partial charge is 0.481 e. The van der Waals surface area contributed by atoms with Crippen molar-refractivity contribution in [2.45, 2.75) is 45.1 Å². The summed E-state index contributed by atoms with van der Waals surface area (Å²) in [6, 6.07) is 0. The Labute approximate surface area is 94.2 Å². The van der Waals surface area contributed by atoms with Gasteiger partial charge < -0.3 is 10.4 Å². The molecule has 0 aliphatic carbocycles. The van der Waals surface area contributed by atoms with E-state index in [0.717, 1.165) is 0 Å². The van der Waals surface area contributed by atoms with E-state index in [1.165, 1.54) is 0 Å². The summed E-state index contributed by atoms with van der Waals surface area (Å²) in [5.74, 6) is -2.66. The highest BCUT2D eigenvalue weighted by Gasteiger charge is 2.46. The van der Waals surface area contributed by atoms with Crippen LogP contribution in [-0.4, -0.2) is 28.3 Å². The van der Waals surface area contributed by atoms with Gasteiger partial charge in [-0.25, -0.2) is 0 Å². The highest BCUT2D eigenvalue weighted by molar-refractivity contribution is 6.06. The standard InChI is InChI=1S/C11H17NO4/c1-3-7(10(15)16)9(14)11(4-2)6-5-8(13)12-11/h7H,3-6H2,1-2H3,(H,12,13)(H,15,16). The van der Waals surface area contributed by atoms with Gasteiger partial charge in [0.05, 0.1) is 5.54 Å². The predicted molar refractivity (Wildman–Crippen MR) is 56.8 cm³/mol. The molecule has 90 valence electrons. The molecule has 0 aromatic carbocycles. The molecule has 1 saturated heterocycles. The number of carbonyl (C=O) groups is 3. The fourth-order valence-electron chi connectivity index (χ4n) is 2.15. The van der Waals surface area contributed by atoms with Gasteiger partial charge in [-0.15, -0.1) is 0 Å². The molecule has 0 aromatic rings. The van der Waals surface area contributed by atoms with Gasteiger partial charge in [0.25, 0.3) is 0 Å². The molecular weight excluding hydrogens is 210 g/mol. The Morgan fingerprint density at radius 3 is 2.44 bits per heavy atom. The maximum absolute atomic E-state index is 12.1. The first-order valence-corrected chi connectivity index (χ1v) is 5.55. The lowest BCUT2D eigenvalue weighted by Crippen LogP contribution is -2.52. The summed E-state index contributed by atoms with van der Waals surface area (Å²) in [6.45, 7) is 3.45. The van der Waals surface area contributed by atoms with E-state index in [0.29, 0.717) is 19.3 Å². The van der Waals surface area contributed by atoms with Crippen molar-refractivity contribution in [1.82, 2.24) is 5.32 Å². The molecule has 1 amide bonds. The van der Waals surface area contributed by atoms with Crippen molar-refractivity contribution in [1.29, 1.82) is 0 Å². The first-order valence-electron chi connectivity index (χ1n) is 5.55. The topological polar surface area (TPSA) is 83.5 Å². The number of ketones is 1. The molecule has 5 nitrogen and oxygen atoms in total. The zero-order valence-corrected chi connectivity index (χ0v) is 9.58. The first-order chi connectivity index (χ1) is 7.46. The average Bonchev–Trinajstić information content (AvgIpc) is 2.61. The number of amides is 1. The van der Waals surface area contributed by atoms with Crippen LogP contribution in [0.1, 0.15) is 39.5 Å². The molecule has 1 rings (SSSR count). The third kappa shape index (κ3) is 2.08. The van der Waals surface area contributed by atoms with E-state index in [-0.39, 0.29) is 18.1 Å². The maximum Gasteiger partial charge on any atom is 0.314 e. The zero-order valence-electron chi connectivity index (χ0n) is 9.58. The van der Waals surface area contributed by atoms with Crippen LogP contribution in [0.2, 0.25) is 0 Å². The lowest BCUT2D eigenvalue weighted by Gasteiger charge is -2.28. The number of carboxylic acids is 1. The monoisotopic (exact) mass is 227 g/mol. The third-order valence-corrected chi connectivity index (χ3v) is 3.26. The molecule has 16 heavy (non-hydrogen) atoms. The Bertz CT molecular complexity index is 326. The van der Waals surface area contributed by atoms with Crippen LogP contribution in [0.15, 0.2) is 0 Å². The molecule has 1 fully saturated rings. The molecule has 2 atom stereocenters. The number of hydrogen-bond donors (Lipinski definition) is 2. The van der Waals surface area contributed by atoms with Crippen molar-refractivity contribution in [3.05, 3.63) is 0 Å². The normalized spacial score (nSPS) is 26.2. The van der Waals surface area contributed by atoms with Crippen molar-refractivity contribution in [2.75, 3.05) is 0 Å². The first kappa shape index (κ1) is 12.7. The molecule has 2 N–H and O–H groups in total. The lowest BCUT2D eigenvalue weighted by atomic mass is 9.81. The third-order valence-electron chi connectivity index (χ3n) is 3.26.